The van der Waals surface area contributed by atoms with E-state index in [9.17, 15) is 4.79 Å². The van der Waals surface area contributed by atoms with Gasteiger partial charge in [0.05, 0.1) is 5.02 Å². The van der Waals surface area contributed by atoms with Gasteiger partial charge in [0, 0.05) is 23.6 Å². The Morgan fingerprint density at radius 1 is 1.26 bits per heavy atom. The van der Waals surface area contributed by atoms with Gasteiger partial charge in [0.25, 0.3) is 6.02 Å². The van der Waals surface area contributed by atoms with Crippen LogP contribution in [0.5, 0.6) is 5.75 Å². The topological polar surface area (TPSA) is 86.8 Å². The zero-order valence-electron chi connectivity index (χ0n) is 18.0. The number of rotatable bonds is 3. The van der Waals surface area contributed by atoms with Crippen LogP contribution in [0.2, 0.25) is 5.02 Å². The van der Waals surface area contributed by atoms with E-state index in [1.165, 1.54) is 6.20 Å². The molecule has 7 heteroatoms. The van der Waals surface area contributed by atoms with Crippen molar-refractivity contribution in [2.24, 2.45) is 16.1 Å². The molecule has 2 aromatic rings. The number of carbonyl (C=O) groups is 1. The number of ketones is 1. The van der Waals surface area contributed by atoms with Crippen LogP contribution in [-0.2, 0) is 16.7 Å². The van der Waals surface area contributed by atoms with Crippen LogP contribution in [0.25, 0.3) is 0 Å². The number of pyridine rings is 1. The zero-order chi connectivity index (χ0) is 22.0. The summed E-state index contributed by atoms with van der Waals surface area (Å²) in [5.41, 5.74) is 7.89. The summed E-state index contributed by atoms with van der Waals surface area (Å²) in [6.45, 7) is 6.51. The summed E-state index contributed by atoms with van der Waals surface area (Å²) in [7, 11) is 0. The number of ether oxygens (including phenoxy) is 2. The van der Waals surface area contributed by atoms with E-state index in [1.54, 1.807) is 6.07 Å². The minimum absolute atomic E-state index is 0.0516. The average molecular weight is 440 g/mol. The van der Waals surface area contributed by atoms with Crippen LogP contribution in [0.1, 0.15) is 60.3 Å². The van der Waals surface area contributed by atoms with Crippen molar-refractivity contribution in [2.45, 2.75) is 57.6 Å². The Morgan fingerprint density at radius 2 is 2.03 bits per heavy atom. The maximum absolute atomic E-state index is 13.0. The molecule has 1 saturated carbocycles. The number of aryl methyl sites for hydroxylation is 1. The SMILES string of the molecule is Cc1cc(Cl)cnc1C(=O)Cc1ccc2c(c1)C1(COC(N)=N1)C1(CCC1)C(C)(C)O2. The molecule has 1 aromatic carbocycles. The molecule has 0 saturated heterocycles. The number of carbonyl (C=O) groups excluding carboxylic acids is 1. The van der Waals surface area contributed by atoms with Gasteiger partial charge in [0.15, 0.2) is 5.78 Å². The molecular formula is C24H26ClN3O3. The Morgan fingerprint density at radius 3 is 2.65 bits per heavy atom. The summed E-state index contributed by atoms with van der Waals surface area (Å²) < 4.78 is 12.2. The number of nitrogens with zero attached hydrogens (tertiary/aromatic N) is 2. The minimum atomic E-state index is -0.597. The molecule has 1 atom stereocenters. The van der Waals surface area contributed by atoms with Crippen molar-refractivity contribution in [2.75, 3.05) is 6.61 Å². The van der Waals surface area contributed by atoms with Gasteiger partial charge in [-0.25, -0.2) is 4.99 Å². The molecule has 3 heterocycles. The first kappa shape index (κ1) is 20.3. The van der Waals surface area contributed by atoms with E-state index in [0.717, 1.165) is 41.7 Å². The molecule has 1 unspecified atom stereocenters. The van der Waals surface area contributed by atoms with Crippen molar-refractivity contribution in [1.82, 2.24) is 4.98 Å². The van der Waals surface area contributed by atoms with Crippen molar-refractivity contribution in [3.8, 4) is 5.75 Å². The van der Waals surface area contributed by atoms with E-state index in [4.69, 9.17) is 31.8 Å². The molecule has 2 aliphatic heterocycles. The lowest BCUT2D eigenvalue weighted by Gasteiger charge is -2.62. The minimum Gasteiger partial charge on any atom is -0.487 e. The number of aromatic nitrogens is 1. The number of hydrogen-bond acceptors (Lipinski definition) is 6. The maximum atomic E-state index is 13.0. The molecule has 2 spiro atoms. The van der Waals surface area contributed by atoms with E-state index >= 15 is 0 Å². The van der Waals surface area contributed by atoms with Crippen LogP contribution >= 0.6 is 11.6 Å². The molecule has 31 heavy (non-hydrogen) atoms. The third kappa shape index (κ3) is 2.80. The van der Waals surface area contributed by atoms with E-state index < -0.39 is 11.1 Å². The van der Waals surface area contributed by atoms with Crippen LogP contribution in [0.15, 0.2) is 35.5 Å². The Hall–Kier alpha value is -2.60. The standard InChI is InChI=1S/C24H26ClN3O3/c1-14-9-16(25)12-27-20(14)18(29)11-15-5-6-19-17(10-15)24(13-30-21(26)28-24)23(7-4-8-23)22(2,3)31-19/h5-6,9-10,12H,4,7-8,11,13H2,1-3H3,(H2,26,28). The monoisotopic (exact) mass is 439 g/mol. The van der Waals surface area contributed by atoms with Crippen molar-refractivity contribution >= 4 is 23.4 Å². The molecule has 1 aliphatic carbocycles. The van der Waals surface area contributed by atoms with Gasteiger partial charge in [-0.3, -0.25) is 9.78 Å². The first-order valence-electron chi connectivity index (χ1n) is 10.6. The zero-order valence-corrected chi connectivity index (χ0v) is 18.8. The summed E-state index contributed by atoms with van der Waals surface area (Å²) in [6, 6.07) is 7.90. The lowest BCUT2D eigenvalue weighted by Crippen LogP contribution is -2.66. The number of fused-ring (bicyclic) bond motifs is 3. The van der Waals surface area contributed by atoms with Gasteiger partial charge in [-0.15, -0.1) is 0 Å². The number of hydrogen-bond donors (Lipinski definition) is 1. The molecule has 3 aliphatic rings. The molecule has 1 fully saturated rings. The number of halogens is 1. The summed E-state index contributed by atoms with van der Waals surface area (Å²) in [5, 5.41) is 0.520. The first-order valence-corrected chi connectivity index (χ1v) is 11.0. The predicted molar refractivity (Wildman–Crippen MR) is 119 cm³/mol. The highest BCUT2D eigenvalue weighted by Crippen LogP contribution is 2.67. The highest BCUT2D eigenvalue weighted by molar-refractivity contribution is 6.30. The summed E-state index contributed by atoms with van der Waals surface area (Å²) in [4.78, 5) is 22.1. The van der Waals surface area contributed by atoms with Crippen LogP contribution in [0.4, 0.5) is 0 Å². The molecule has 6 nitrogen and oxygen atoms in total. The van der Waals surface area contributed by atoms with E-state index in [2.05, 4.69) is 18.8 Å². The fraction of sp³-hybridized carbons (Fsp3) is 0.458. The Kier molecular flexibility index (Phi) is 4.39. The Bertz CT molecular complexity index is 1120. The maximum Gasteiger partial charge on any atom is 0.283 e. The molecular weight excluding hydrogens is 414 g/mol. The Balaban J connectivity index is 1.56. The fourth-order valence-corrected chi connectivity index (χ4v) is 5.90. The lowest BCUT2D eigenvalue weighted by molar-refractivity contribution is -0.157. The molecule has 162 valence electrons. The van der Waals surface area contributed by atoms with Crippen LogP contribution in [0, 0.1) is 12.3 Å². The smallest absolute Gasteiger partial charge is 0.283 e. The largest absolute Gasteiger partial charge is 0.487 e. The predicted octanol–water partition coefficient (Wildman–Crippen LogP) is 4.35. The molecule has 5 rings (SSSR count). The number of amidine groups is 1. The van der Waals surface area contributed by atoms with Gasteiger partial charge in [-0.2, -0.15) is 0 Å². The molecule has 1 aromatic heterocycles. The van der Waals surface area contributed by atoms with Crippen LogP contribution < -0.4 is 10.5 Å². The molecule has 0 amide bonds. The third-order valence-electron chi connectivity index (χ3n) is 7.41. The highest BCUT2D eigenvalue weighted by Gasteiger charge is 2.69. The number of aliphatic imine (C=N–C) groups is 1. The summed E-state index contributed by atoms with van der Waals surface area (Å²) in [5.74, 6) is 0.728. The van der Waals surface area contributed by atoms with Crippen LogP contribution in [0.3, 0.4) is 0 Å². The van der Waals surface area contributed by atoms with Crippen molar-refractivity contribution < 1.29 is 14.3 Å². The molecule has 0 radical (unpaired) electrons. The fourth-order valence-electron chi connectivity index (χ4n) is 5.69. The summed E-state index contributed by atoms with van der Waals surface area (Å²) in [6.07, 6.45) is 4.86. The lowest BCUT2D eigenvalue weighted by atomic mass is 9.48. The van der Waals surface area contributed by atoms with Gasteiger partial charge >= 0.3 is 0 Å². The third-order valence-corrected chi connectivity index (χ3v) is 7.62. The van der Waals surface area contributed by atoms with Gasteiger partial charge < -0.3 is 15.2 Å². The van der Waals surface area contributed by atoms with Crippen molar-refractivity contribution in [1.29, 1.82) is 0 Å². The van der Waals surface area contributed by atoms with E-state index in [0.29, 0.717) is 17.3 Å². The normalized spacial score (nSPS) is 24.7. The van der Waals surface area contributed by atoms with Gasteiger partial charge in [-0.1, -0.05) is 24.1 Å². The average Bonchev–Trinajstić information content (AvgIpc) is 3.03. The number of nitrogens with two attached hydrogens (primary N) is 1. The second-order valence-electron chi connectivity index (χ2n) is 9.40. The van der Waals surface area contributed by atoms with Crippen molar-refractivity contribution in [3.63, 3.8) is 0 Å². The van der Waals surface area contributed by atoms with E-state index in [-0.39, 0.29) is 23.6 Å². The van der Waals surface area contributed by atoms with Gasteiger partial charge in [-0.05, 0) is 62.9 Å². The quantitative estimate of drug-likeness (QED) is 0.718. The number of benzene rings is 1. The number of Topliss-reactive ketones (excluding diaryl/α,β-unsaturated/α-hetero) is 1. The van der Waals surface area contributed by atoms with E-state index in [1.807, 2.05) is 25.1 Å². The van der Waals surface area contributed by atoms with Gasteiger partial charge in [0.1, 0.15) is 29.2 Å². The molecule has 2 N–H and O–H groups in total. The van der Waals surface area contributed by atoms with Crippen molar-refractivity contribution in [3.05, 3.63) is 57.9 Å². The first-order chi connectivity index (χ1) is 14.7. The second-order valence-corrected chi connectivity index (χ2v) is 9.83. The highest BCUT2D eigenvalue weighted by atomic mass is 35.5. The van der Waals surface area contributed by atoms with Crippen LogP contribution in [-0.4, -0.2) is 29.0 Å². The Labute approximate surface area is 186 Å². The second kappa shape index (κ2) is 6.70. The molecule has 0 bridgehead atoms. The van der Waals surface area contributed by atoms with Gasteiger partial charge in [0.2, 0.25) is 0 Å². The summed E-state index contributed by atoms with van der Waals surface area (Å²) >= 11 is 5.99.